The quantitative estimate of drug-likeness (QED) is 0.299. The van der Waals surface area contributed by atoms with Gasteiger partial charge in [-0.05, 0) is 55.7 Å². The molecule has 3 atom stereocenters. The Morgan fingerprint density at radius 3 is 2.27 bits per heavy atom. The summed E-state index contributed by atoms with van der Waals surface area (Å²) in [7, 11) is 1.31. The molecule has 2 amide bonds. The van der Waals surface area contributed by atoms with Crippen molar-refractivity contribution in [1.29, 1.82) is 0 Å². The van der Waals surface area contributed by atoms with Gasteiger partial charge in [-0.15, -0.1) is 0 Å². The summed E-state index contributed by atoms with van der Waals surface area (Å²) in [5.41, 5.74) is 9.72. The second-order valence-corrected chi connectivity index (χ2v) is 12.1. The van der Waals surface area contributed by atoms with Gasteiger partial charge in [0.15, 0.2) is 0 Å². The van der Waals surface area contributed by atoms with Crippen molar-refractivity contribution >= 4 is 30.4 Å². The molecule has 7 nitrogen and oxygen atoms in total. The predicted octanol–water partition coefficient (Wildman–Crippen LogP) is 4.69. The third-order valence-corrected chi connectivity index (χ3v) is 7.96. The second kappa shape index (κ2) is 12.4. The highest BCUT2D eigenvalue weighted by Gasteiger charge is 2.42. The number of fused-ring (bicyclic) bond motifs is 1. The molecule has 3 aromatic carbocycles. The standard InChI is InChI=1S/C32H36FN3O4S/c1-20(25-11-7-8-12-26(25)33)35(18-21-13-15-22(16-14-21)31(39)40-4)29(37)27-17-23-9-5-6-10-24(23)19-36(27)30(38)28(34)32(2,3)41/h5-16,20,27-28,41H,17-19,34H2,1-4H3/t20-,27+,28?/m1/s1. The van der Waals surface area contributed by atoms with E-state index in [2.05, 4.69) is 12.6 Å². The van der Waals surface area contributed by atoms with Gasteiger partial charge in [0.2, 0.25) is 11.8 Å². The monoisotopic (exact) mass is 577 g/mol. The molecule has 0 saturated carbocycles. The maximum Gasteiger partial charge on any atom is 0.337 e. The molecule has 1 heterocycles. The lowest BCUT2D eigenvalue weighted by Crippen LogP contribution is -2.60. The zero-order valence-corrected chi connectivity index (χ0v) is 24.6. The lowest BCUT2D eigenvalue weighted by atomic mass is 9.90. The van der Waals surface area contributed by atoms with E-state index in [0.29, 0.717) is 17.5 Å². The van der Waals surface area contributed by atoms with Crippen LogP contribution in [-0.2, 0) is 33.8 Å². The third-order valence-electron chi connectivity index (χ3n) is 7.68. The van der Waals surface area contributed by atoms with Gasteiger partial charge < -0.3 is 20.3 Å². The molecule has 1 unspecified atom stereocenters. The molecule has 0 bridgehead atoms. The summed E-state index contributed by atoms with van der Waals surface area (Å²) in [5, 5.41) is 0. The first kappa shape index (κ1) is 30.3. The zero-order valence-electron chi connectivity index (χ0n) is 23.7. The van der Waals surface area contributed by atoms with E-state index in [9.17, 15) is 18.8 Å². The molecule has 0 aliphatic carbocycles. The maximum atomic E-state index is 15.0. The Morgan fingerprint density at radius 1 is 1.05 bits per heavy atom. The van der Waals surface area contributed by atoms with E-state index in [-0.39, 0.29) is 24.9 Å². The van der Waals surface area contributed by atoms with Crippen LogP contribution in [0.25, 0.3) is 0 Å². The molecular weight excluding hydrogens is 541 g/mol. The summed E-state index contributed by atoms with van der Waals surface area (Å²) < 4.78 is 19.0. The topological polar surface area (TPSA) is 92.9 Å². The van der Waals surface area contributed by atoms with Crippen LogP contribution in [0, 0.1) is 5.82 Å². The molecule has 41 heavy (non-hydrogen) atoms. The Hall–Kier alpha value is -3.69. The summed E-state index contributed by atoms with van der Waals surface area (Å²) >= 11 is 4.53. The number of carbonyl (C=O) groups is 3. The number of methoxy groups -OCH3 is 1. The molecule has 0 saturated heterocycles. The minimum atomic E-state index is -0.949. The number of thiol groups is 1. The van der Waals surface area contributed by atoms with Crippen LogP contribution < -0.4 is 5.73 Å². The molecule has 2 N–H and O–H groups in total. The highest BCUT2D eigenvalue weighted by Crippen LogP contribution is 2.31. The van der Waals surface area contributed by atoms with E-state index in [4.69, 9.17) is 10.5 Å². The van der Waals surface area contributed by atoms with Crippen molar-refractivity contribution < 1.29 is 23.5 Å². The fourth-order valence-corrected chi connectivity index (χ4v) is 5.21. The summed E-state index contributed by atoms with van der Waals surface area (Å²) in [5.74, 6) is -1.61. The van der Waals surface area contributed by atoms with Gasteiger partial charge in [-0.2, -0.15) is 12.6 Å². The number of esters is 1. The molecule has 0 radical (unpaired) electrons. The van der Waals surface area contributed by atoms with Crippen molar-refractivity contribution in [3.05, 3.63) is 106 Å². The fourth-order valence-electron chi connectivity index (χ4n) is 5.10. The summed E-state index contributed by atoms with van der Waals surface area (Å²) in [6.45, 7) is 5.64. The largest absolute Gasteiger partial charge is 0.465 e. The molecule has 216 valence electrons. The van der Waals surface area contributed by atoms with Crippen LogP contribution in [0.3, 0.4) is 0 Å². The van der Waals surface area contributed by atoms with E-state index in [0.717, 1.165) is 16.7 Å². The number of ether oxygens (including phenoxy) is 1. The van der Waals surface area contributed by atoms with Crippen molar-refractivity contribution in [2.75, 3.05) is 7.11 Å². The average molecular weight is 578 g/mol. The van der Waals surface area contributed by atoms with Crippen LogP contribution in [0.1, 0.15) is 59.4 Å². The number of hydrogen-bond acceptors (Lipinski definition) is 6. The summed E-state index contributed by atoms with van der Waals surface area (Å²) in [6.07, 6.45) is 0.294. The predicted molar refractivity (Wildman–Crippen MR) is 159 cm³/mol. The first-order valence-electron chi connectivity index (χ1n) is 13.5. The van der Waals surface area contributed by atoms with Crippen molar-refractivity contribution in [1.82, 2.24) is 9.80 Å². The smallest absolute Gasteiger partial charge is 0.337 e. The zero-order chi connectivity index (χ0) is 29.9. The second-order valence-electron chi connectivity index (χ2n) is 10.9. The molecule has 0 aromatic heterocycles. The molecule has 4 rings (SSSR count). The third kappa shape index (κ3) is 6.63. The normalized spacial score (nSPS) is 16.4. The molecule has 0 fully saturated rings. The van der Waals surface area contributed by atoms with Crippen LogP contribution >= 0.6 is 12.6 Å². The van der Waals surface area contributed by atoms with E-state index in [1.165, 1.54) is 18.1 Å². The number of nitrogens with two attached hydrogens (primary N) is 1. The van der Waals surface area contributed by atoms with Crippen molar-refractivity contribution in [3.8, 4) is 0 Å². The highest BCUT2D eigenvalue weighted by atomic mass is 32.1. The van der Waals surface area contributed by atoms with Crippen LogP contribution in [0.5, 0.6) is 0 Å². The van der Waals surface area contributed by atoms with Gasteiger partial charge in [-0.1, -0.05) is 54.6 Å². The van der Waals surface area contributed by atoms with Crippen molar-refractivity contribution in [2.45, 2.75) is 63.2 Å². The summed E-state index contributed by atoms with van der Waals surface area (Å²) in [6, 6.07) is 18.3. The van der Waals surface area contributed by atoms with Gasteiger partial charge in [0, 0.05) is 29.8 Å². The molecule has 0 spiro atoms. The Kier molecular flexibility index (Phi) is 9.19. The lowest BCUT2D eigenvalue weighted by Gasteiger charge is -2.42. The summed E-state index contributed by atoms with van der Waals surface area (Å²) in [4.78, 5) is 43.3. The highest BCUT2D eigenvalue weighted by molar-refractivity contribution is 7.81. The molecule has 1 aliphatic rings. The van der Waals surface area contributed by atoms with Gasteiger partial charge in [0.05, 0.1) is 24.8 Å². The molecule has 1 aliphatic heterocycles. The van der Waals surface area contributed by atoms with Crippen molar-refractivity contribution in [2.24, 2.45) is 5.73 Å². The Morgan fingerprint density at radius 2 is 1.66 bits per heavy atom. The Bertz CT molecular complexity index is 1420. The molecule has 3 aromatic rings. The Balaban J connectivity index is 1.75. The van der Waals surface area contributed by atoms with Gasteiger partial charge in [-0.3, -0.25) is 9.59 Å². The number of benzene rings is 3. The van der Waals surface area contributed by atoms with Crippen LogP contribution in [0.4, 0.5) is 4.39 Å². The van der Waals surface area contributed by atoms with E-state index >= 15 is 0 Å². The number of nitrogens with zero attached hydrogens (tertiary/aromatic N) is 2. The fraction of sp³-hybridized carbons (Fsp3) is 0.344. The molecule has 9 heteroatoms. The van der Waals surface area contributed by atoms with Crippen LogP contribution in [-0.4, -0.2) is 51.5 Å². The maximum absolute atomic E-state index is 15.0. The van der Waals surface area contributed by atoms with Crippen LogP contribution in [0.15, 0.2) is 72.8 Å². The number of carbonyl (C=O) groups excluding carboxylic acids is 3. The number of rotatable bonds is 8. The van der Waals surface area contributed by atoms with Gasteiger partial charge >= 0.3 is 5.97 Å². The minimum Gasteiger partial charge on any atom is -0.465 e. The van der Waals surface area contributed by atoms with E-state index in [1.54, 1.807) is 68.1 Å². The van der Waals surface area contributed by atoms with E-state index in [1.807, 2.05) is 24.3 Å². The van der Waals surface area contributed by atoms with Gasteiger partial charge in [-0.25, -0.2) is 9.18 Å². The van der Waals surface area contributed by atoms with Crippen molar-refractivity contribution in [3.63, 3.8) is 0 Å². The minimum absolute atomic E-state index is 0.125. The van der Waals surface area contributed by atoms with Crippen LogP contribution in [0.2, 0.25) is 0 Å². The number of amides is 2. The lowest BCUT2D eigenvalue weighted by molar-refractivity contribution is -0.150. The van der Waals surface area contributed by atoms with E-state index < -0.39 is 34.7 Å². The first-order valence-corrected chi connectivity index (χ1v) is 13.9. The first-order chi connectivity index (χ1) is 19.4. The Labute approximate surface area is 245 Å². The van der Waals surface area contributed by atoms with Gasteiger partial charge in [0.1, 0.15) is 11.9 Å². The number of hydrogen-bond donors (Lipinski definition) is 2. The number of halogens is 1. The average Bonchev–Trinajstić information content (AvgIpc) is 2.97. The van der Waals surface area contributed by atoms with Gasteiger partial charge in [0.25, 0.3) is 0 Å². The molecular formula is C32H36FN3O4S. The SMILES string of the molecule is COC(=O)c1ccc(CN(C(=O)[C@@H]2Cc3ccccc3CN2C(=O)C(N)C(C)(C)S)[C@H](C)c2ccccc2F)cc1.